The second-order valence-corrected chi connectivity index (χ2v) is 6.00. The van der Waals surface area contributed by atoms with Crippen molar-refractivity contribution in [1.29, 1.82) is 0 Å². The maximum absolute atomic E-state index is 4.49. The van der Waals surface area contributed by atoms with Gasteiger partial charge in [-0.25, -0.2) is 4.68 Å². The van der Waals surface area contributed by atoms with E-state index in [0.29, 0.717) is 0 Å². The van der Waals surface area contributed by atoms with Gasteiger partial charge >= 0.3 is 0 Å². The minimum atomic E-state index is 0.762. The summed E-state index contributed by atoms with van der Waals surface area (Å²) in [6.45, 7) is 3.70. The third kappa shape index (κ3) is 3.39. The van der Waals surface area contributed by atoms with Gasteiger partial charge in [0.2, 0.25) is 5.16 Å². The summed E-state index contributed by atoms with van der Waals surface area (Å²) < 4.78 is 4.81. The fourth-order valence-electron chi connectivity index (χ4n) is 1.77. The van der Waals surface area contributed by atoms with Crippen LogP contribution in [0.4, 0.5) is 0 Å². The Morgan fingerprint density at radius 3 is 2.85 bits per heavy atom. The second kappa shape index (κ2) is 7.19. The van der Waals surface area contributed by atoms with Crippen LogP contribution in [0.2, 0.25) is 0 Å². The molecule has 9 heteroatoms. The molecule has 0 unspecified atom stereocenters. The molecular weight excluding hydrogens is 342 g/mol. The zero-order valence-electron chi connectivity index (χ0n) is 11.8. The Bertz CT molecular complexity index is 565. The zero-order valence-corrected chi connectivity index (χ0v) is 14.2. The molecule has 2 rings (SSSR count). The van der Waals surface area contributed by atoms with Crippen molar-refractivity contribution in [3.63, 3.8) is 0 Å². The van der Waals surface area contributed by atoms with Crippen LogP contribution < -0.4 is 5.32 Å². The number of aryl methyl sites for hydroxylation is 2. The van der Waals surface area contributed by atoms with Gasteiger partial charge in [-0.15, -0.1) is 5.10 Å². The first kappa shape index (κ1) is 15.5. The number of nitrogens with zero attached hydrogens (tertiary/aromatic N) is 6. The predicted molar refractivity (Wildman–Crippen MR) is 81.6 cm³/mol. The van der Waals surface area contributed by atoms with Crippen molar-refractivity contribution in [3.8, 4) is 0 Å². The quantitative estimate of drug-likeness (QED) is 0.749. The van der Waals surface area contributed by atoms with Gasteiger partial charge in [-0.2, -0.15) is 5.10 Å². The van der Waals surface area contributed by atoms with Gasteiger partial charge in [0.15, 0.2) is 0 Å². The van der Waals surface area contributed by atoms with Crippen LogP contribution in [-0.4, -0.2) is 43.6 Å². The molecule has 0 atom stereocenters. The van der Waals surface area contributed by atoms with Crippen LogP contribution in [0.15, 0.2) is 9.63 Å². The Balaban J connectivity index is 2.05. The Morgan fingerprint density at radius 1 is 1.40 bits per heavy atom. The molecule has 0 radical (unpaired) electrons. The highest BCUT2D eigenvalue weighted by Gasteiger charge is 2.14. The first-order valence-corrected chi connectivity index (χ1v) is 8.19. The Hall–Kier alpha value is -0.930. The lowest BCUT2D eigenvalue weighted by atomic mass is 10.3. The highest BCUT2D eigenvalue weighted by molar-refractivity contribution is 9.10. The molecule has 2 aromatic heterocycles. The number of rotatable bonds is 7. The van der Waals surface area contributed by atoms with Crippen molar-refractivity contribution < 1.29 is 0 Å². The molecule has 0 amide bonds. The van der Waals surface area contributed by atoms with Crippen LogP contribution in [0.5, 0.6) is 0 Å². The lowest BCUT2D eigenvalue weighted by molar-refractivity contribution is 0.530. The van der Waals surface area contributed by atoms with E-state index in [9.17, 15) is 0 Å². The first-order valence-electron chi connectivity index (χ1n) is 6.41. The maximum atomic E-state index is 4.49. The summed E-state index contributed by atoms with van der Waals surface area (Å²) in [4.78, 5) is 0. The van der Waals surface area contributed by atoms with E-state index in [1.807, 2.05) is 23.5 Å². The molecule has 0 saturated heterocycles. The Morgan fingerprint density at radius 2 is 2.20 bits per heavy atom. The van der Waals surface area contributed by atoms with Crippen molar-refractivity contribution >= 4 is 27.7 Å². The lowest BCUT2D eigenvalue weighted by Crippen LogP contribution is -2.16. The average molecular weight is 360 g/mol. The summed E-state index contributed by atoms with van der Waals surface area (Å²) in [5, 5.41) is 20.2. The molecule has 2 heterocycles. The molecule has 0 spiro atoms. The van der Waals surface area contributed by atoms with Crippen molar-refractivity contribution in [2.24, 2.45) is 7.05 Å². The molecular formula is C11H18BrN7S. The Kier molecular flexibility index (Phi) is 5.55. The highest BCUT2D eigenvalue weighted by atomic mass is 79.9. The molecule has 2 aromatic rings. The molecule has 0 fully saturated rings. The van der Waals surface area contributed by atoms with E-state index >= 15 is 0 Å². The topological polar surface area (TPSA) is 73.5 Å². The van der Waals surface area contributed by atoms with Gasteiger partial charge in [-0.3, -0.25) is 4.68 Å². The fourth-order valence-corrected chi connectivity index (χ4v) is 3.68. The minimum absolute atomic E-state index is 0.762. The molecule has 0 aromatic carbocycles. The molecule has 0 bridgehead atoms. The summed E-state index contributed by atoms with van der Waals surface area (Å²) >= 11 is 5.24. The van der Waals surface area contributed by atoms with Crippen LogP contribution in [-0.2, 0) is 25.8 Å². The summed E-state index contributed by atoms with van der Waals surface area (Å²) in [6, 6.07) is 0. The van der Waals surface area contributed by atoms with Crippen molar-refractivity contribution in [2.75, 3.05) is 13.6 Å². The standard InChI is InChI=1S/C11H18BrN7S/c1-4-8-10(12)9(18(3)15-8)7-20-11-14-16-17-19(11)6-5-13-2/h13H,4-7H2,1-3H3. The van der Waals surface area contributed by atoms with Gasteiger partial charge in [-0.05, 0) is 39.8 Å². The van der Waals surface area contributed by atoms with Gasteiger partial charge in [-0.1, -0.05) is 18.7 Å². The number of tetrazole rings is 1. The molecule has 1 N–H and O–H groups in total. The lowest BCUT2D eigenvalue weighted by Gasteiger charge is -2.04. The van der Waals surface area contributed by atoms with E-state index in [4.69, 9.17) is 0 Å². The number of nitrogens with one attached hydrogen (secondary N) is 1. The third-order valence-corrected chi connectivity index (χ3v) is 4.80. The summed E-state index contributed by atoms with van der Waals surface area (Å²) in [5.41, 5.74) is 2.23. The maximum Gasteiger partial charge on any atom is 0.209 e. The van der Waals surface area contributed by atoms with E-state index in [1.165, 1.54) is 0 Å². The van der Waals surface area contributed by atoms with Gasteiger partial charge in [0.25, 0.3) is 0 Å². The first-order chi connectivity index (χ1) is 9.67. The van der Waals surface area contributed by atoms with Gasteiger partial charge < -0.3 is 5.32 Å². The Labute approximate surface area is 130 Å². The monoisotopic (exact) mass is 359 g/mol. The molecule has 20 heavy (non-hydrogen) atoms. The number of thioether (sulfide) groups is 1. The largest absolute Gasteiger partial charge is 0.318 e. The number of hydrogen-bond acceptors (Lipinski definition) is 6. The molecule has 110 valence electrons. The molecule has 0 aliphatic rings. The van der Waals surface area contributed by atoms with Crippen molar-refractivity contribution in [3.05, 3.63) is 15.9 Å². The SMILES string of the molecule is CCc1nn(C)c(CSc2nnnn2CCNC)c1Br. The predicted octanol–water partition coefficient (Wildman–Crippen LogP) is 1.24. The molecule has 0 saturated carbocycles. The van der Waals surface area contributed by atoms with Gasteiger partial charge in [0, 0.05) is 19.3 Å². The van der Waals surface area contributed by atoms with E-state index < -0.39 is 0 Å². The highest BCUT2D eigenvalue weighted by Crippen LogP contribution is 2.27. The van der Waals surface area contributed by atoms with Crippen LogP contribution in [0, 0.1) is 0 Å². The fraction of sp³-hybridized carbons (Fsp3) is 0.636. The molecule has 7 nitrogen and oxygen atoms in total. The van der Waals surface area contributed by atoms with Crippen LogP contribution in [0.25, 0.3) is 0 Å². The van der Waals surface area contributed by atoms with Crippen LogP contribution in [0.1, 0.15) is 18.3 Å². The van der Waals surface area contributed by atoms with Crippen LogP contribution >= 0.6 is 27.7 Å². The number of aromatic nitrogens is 6. The van der Waals surface area contributed by atoms with Gasteiger partial charge in [0.1, 0.15) is 0 Å². The van der Waals surface area contributed by atoms with E-state index in [-0.39, 0.29) is 0 Å². The van der Waals surface area contributed by atoms with Gasteiger partial charge in [0.05, 0.1) is 22.4 Å². The number of hydrogen-bond donors (Lipinski definition) is 1. The average Bonchev–Trinajstić information content (AvgIpc) is 2.99. The summed E-state index contributed by atoms with van der Waals surface area (Å²) in [5.74, 6) is 0.782. The summed E-state index contributed by atoms with van der Waals surface area (Å²) in [6.07, 6.45) is 0.916. The van der Waals surface area contributed by atoms with Crippen molar-refractivity contribution in [1.82, 2.24) is 35.3 Å². The zero-order chi connectivity index (χ0) is 14.5. The van der Waals surface area contributed by atoms with E-state index in [1.54, 1.807) is 11.8 Å². The molecule has 0 aliphatic carbocycles. The van der Waals surface area contributed by atoms with E-state index in [2.05, 4.69) is 48.8 Å². The summed E-state index contributed by atoms with van der Waals surface area (Å²) in [7, 11) is 3.87. The third-order valence-electron chi connectivity index (χ3n) is 2.91. The number of likely N-dealkylation sites (N-methyl/N-ethyl adjacent to an activating group) is 1. The normalized spacial score (nSPS) is 11.2. The van der Waals surface area contributed by atoms with Crippen molar-refractivity contribution in [2.45, 2.75) is 30.8 Å². The smallest absolute Gasteiger partial charge is 0.209 e. The number of halogens is 1. The van der Waals surface area contributed by atoms with E-state index in [0.717, 1.165) is 46.3 Å². The molecule has 0 aliphatic heterocycles. The van der Waals surface area contributed by atoms with Crippen LogP contribution in [0.3, 0.4) is 0 Å². The minimum Gasteiger partial charge on any atom is -0.318 e. The second-order valence-electron chi connectivity index (χ2n) is 4.26.